The molecule has 1 aliphatic heterocycles. The van der Waals surface area contributed by atoms with Gasteiger partial charge in [0.1, 0.15) is 0 Å². The zero-order valence-electron chi connectivity index (χ0n) is 18.7. The fourth-order valence-electron chi connectivity index (χ4n) is 4.43. The number of rotatable bonds is 5. The first-order chi connectivity index (χ1) is 16.0. The molecular weight excluding hydrogens is 416 g/mol. The van der Waals surface area contributed by atoms with Crippen LogP contribution >= 0.6 is 0 Å². The Labute approximate surface area is 191 Å². The topological polar surface area (TPSA) is 98.2 Å². The van der Waals surface area contributed by atoms with E-state index in [1.165, 1.54) is 0 Å². The molecule has 4 aromatic rings. The molecule has 0 amide bonds. The highest BCUT2D eigenvalue weighted by Crippen LogP contribution is 2.31. The van der Waals surface area contributed by atoms with E-state index in [9.17, 15) is 9.90 Å². The third-order valence-corrected chi connectivity index (χ3v) is 6.28. The van der Waals surface area contributed by atoms with Gasteiger partial charge in [0.25, 0.3) is 0 Å². The minimum atomic E-state index is -0.770. The molecule has 1 atom stereocenters. The number of carboxylic acid groups (broad SMARTS) is 1. The highest BCUT2D eigenvalue weighted by molar-refractivity contribution is 5.88. The normalized spacial score (nSPS) is 16.9. The number of aliphatic carboxylic acids is 1. The maximum Gasteiger partial charge on any atom is 0.305 e. The van der Waals surface area contributed by atoms with Gasteiger partial charge in [0.2, 0.25) is 0 Å². The van der Waals surface area contributed by atoms with Crippen LogP contribution in [0, 0.1) is 6.92 Å². The largest absolute Gasteiger partial charge is 0.481 e. The molecule has 8 nitrogen and oxygen atoms in total. The first-order valence-electron chi connectivity index (χ1n) is 11.0. The van der Waals surface area contributed by atoms with Crippen LogP contribution in [0.3, 0.4) is 0 Å². The third kappa shape index (κ3) is 4.29. The average Bonchev–Trinajstić information content (AvgIpc) is 3.29. The monoisotopic (exact) mass is 442 g/mol. The maximum atomic E-state index is 11.3. The molecule has 8 heteroatoms. The lowest BCUT2D eigenvalue weighted by atomic mass is 10.0. The van der Waals surface area contributed by atoms with Gasteiger partial charge in [0.15, 0.2) is 0 Å². The molecule has 1 aliphatic rings. The second-order valence-corrected chi connectivity index (χ2v) is 8.57. The summed E-state index contributed by atoms with van der Waals surface area (Å²) in [6.45, 7) is 4.29. The summed E-state index contributed by atoms with van der Waals surface area (Å²) in [5.41, 5.74) is 6.45. The minimum absolute atomic E-state index is 0.0216. The summed E-state index contributed by atoms with van der Waals surface area (Å²) in [5.74, 6) is -0.770. The van der Waals surface area contributed by atoms with E-state index < -0.39 is 5.97 Å². The number of aryl methyl sites for hydroxylation is 1. The lowest BCUT2D eigenvalue weighted by Gasteiger charge is -2.40. The fourth-order valence-corrected chi connectivity index (χ4v) is 4.43. The zero-order chi connectivity index (χ0) is 22.9. The van der Waals surface area contributed by atoms with Crippen molar-refractivity contribution in [1.82, 2.24) is 24.8 Å². The highest BCUT2D eigenvalue weighted by atomic mass is 16.4. The summed E-state index contributed by atoms with van der Waals surface area (Å²) in [6.07, 6.45) is 3.70. The van der Waals surface area contributed by atoms with Gasteiger partial charge in [-0.3, -0.25) is 19.7 Å². The van der Waals surface area contributed by atoms with Crippen LogP contribution in [0.2, 0.25) is 0 Å². The zero-order valence-corrected chi connectivity index (χ0v) is 18.7. The SMILES string of the molecule is Cc1cccc(-c2[nH]cnc2-c2ccc3ncc(N4CCN(C)C(CC(=O)O)C4)cc3c2)n1. The van der Waals surface area contributed by atoms with Gasteiger partial charge in [-0.1, -0.05) is 12.1 Å². The summed E-state index contributed by atoms with van der Waals surface area (Å²) < 4.78 is 0. The number of imidazole rings is 1. The second kappa shape index (κ2) is 8.63. The van der Waals surface area contributed by atoms with Crippen LogP contribution in [0.5, 0.6) is 0 Å². The van der Waals surface area contributed by atoms with Crippen molar-refractivity contribution in [3.05, 3.63) is 60.7 Å². The number of aromatic amines is 1. The fraction of sp³-hybridized carbons (Fsp3) is 0.280. The summed E-state index contributed by atoms with van der Waals surface area (Å²) in [4.78, 5) is 32.7. The lowest BCUT2D eigenvalue weighted by Crippen LogP contribution is -2.52. The van der Waals surface area contributed by atoms with Gasteiger partial charge >= 0.3 is 5.97 Å². The van der Waals surface area contributed by atoms with E-state index in [0.717, 1.165) is 58.0 Å². The number of carbonyl (C=O) groups is 1. The Morgan fingerprint density at radius 1 is 1.18 bits per heavy atom. The van der Waals surface area contributed by atoms with Crippen molar-refractivity contribution in [2.24, 2.45) is 0 Å². The van der Waals surface area contributed by atoms with Crippen LogP contribution in [-0.4, -0.2) is 68.6 Å². The van der Waals surface area contributed by atoms with Crippen LogP contribution in [-0.2, 0) is 4.79 Å². The number of nitrogens with zero attached hydrogens (tertiary/aromatic N) is 5. The molecule has 4 heterocycles. The van der Waals surface area contributed by atoms with Crippen molar-refractivity contribution in [1.29, 1.82) is 0 Å². The van der Waals surface area contributed by atoms with Crippen LogP contribution in [0.25, 0.3) is 33.5 Å². The number of piperazine rings is 1. The first kappa shape index (κ1) is 21.1. The molecule has 33 heavy (non-hydrogen) atoms. The number of carboxylic acids is 1. The van der Waals surface area contributed by atoms with E-state index in [1.54, 1.807) is 6.33 Å². The van der Waals surface area contributed by atoms with Crippen LogP contribution in [0.4, 0.5) is 5.69 Å². The van der Waals surface area contributed by atoms with E-state index in [-0.39, 0.29) is 12.5 Å². The molecule has 168 valence electrons. The minimum Gasteiger partial charge on any atom is -0.481 e. The summed E-state index contributed by atoms with van der Waals surface area (Å²) in [6, 6.07) is 14.2. The predicted molar refractivity (Wildman–Crippen MR) is 128 cm³/mol. The quantitative estimate of drug-likeness (QED) is 0.487. The first-order valence-corrected chi connectivity index (χ1v) is 11.0. The van der Waals surface area contributed by atoms with Crippen molar-refractivity contribution in [2.75, 3.05) is 31.6 Å². The van der Waals surface area contributed by atoms with E-state index in [0.29, 0.717) is 6.54 Å². The number of hydrogen-bond acceptors (Lipinski definition) is 6. The molecular formula is C25H26N6O2. The van der Waals surface area contributed by atoms with Crippen LogP contribution < -0.4 is 4.90 Å². The Morgan fingerprint density at radius 3 is 2.88 bits per heavy atom. The number of benzene rings is 1. The van der Waals surface area contributed by atoms with Crippen molar-refractivity contribution in [3.63, 3.8) is 0 Å². The molecule has 0 bridgehead atoms. The number of hydrogen-bond donors (Lipinski definition) is 2. The second-order valence-electron chi connectivity index (χ2n) is 8.57. The van der Waals surface area contributed by atoms with Gasteiger partial charge in [-0.25, -0.2) is 4.98 Å². The number of pyridine rings is 2. The number of anilines is 1. The summed E-state index contributed by atoms with van der Waals surface area (Å²) >= 11 is 0. The van der Waals surface area contributed by atoms with Crippen molar-refractivity contribution < 1.29 is 9.90 Å². The van der Waals surface area contributed by atoms with E-state index in [4.69, 9.17) is 0 Å². The van der Waals surface area contributed by atoms with Crippen molar-refractivity contribution in [3.8, 4) is 22.6 Å². The van der Waals surface area contributed by atoms with Gasteiger partial charge in [-0.2, -0.15) is 0 Å². The van der Waals surface area contributed by atoms with Gasteiger partial charge in [-0.15, -0.1) is 0 Å². The molecule has 1 aromatic carbocycles. The highest BCUT2D eigenvalue weighted by Gasteiger charge is 2.26. The number of H-pyrrole nitrogens is 1. The molecule has 0 radical (unpaired) electrons. The summed E-state index contributed by atoms with van der Waals surface area (Å²) in [5, 5.41) is 10.3. The number of fused-ring (bicyclic) bond motifs is 1. The maximum absolute atomic E-state index is 11.3. The average molecular weight is 443 g/mol. The van der Waals surface area contributed by atoms with Gasteiger partial charge in [-0.05, 0) is 44.3 Å². The Kier molecular flexibility index (Phi) is 5.51. The van der Waals surface area contributed by atoms with Gasteiger partial charge in [0, 0.05) is 42.3 Å². The molecule has 0 saturated carbocycles. The smallest absolute Gasteiger partial charge is 0.305 e. The van der Waals surface area contributed by atoms with Crippen LogP contribution in [0.1, 0.15) is 12.1 Å². The molecule has 2 N–H and O–H groups in total. The Bertz CT molecular complexity index is 1320. The molecule has 5 rings (SSSR count). The predicted octanol–water partition coefficient (Wildman–Crippen LogP) is 3.59. The molecule has 3 aromatic heterocycles. The Hall–Kier alpha value is -3.78. The molecule has 1 unspecified atom stereocenters. The van der Waals surface area contributed by atoms with Crippen molar-refractivity contribution in [2.45, 2.75) is 19.4 Å². The van der Waals surface area contributed by atoms with E-state index >= 15 is 0 Å². The Morgan fingerprint density at radius 2 is 2.06 bits per heavy atom. The van der Waals surface area contributed by atoms with Crippen LogP contribution in [0.15, 0.2) is 55.0 Å². The van der Waals surface area contributed by atoms with Crippen molar-refractivity contribution >= 4 is 22.6 Å². The van der Waals surface area contributed by atoms with Gasteiger partial charge < -0.3 is 15.0 Å². The lowest BCUT2D eigenvalue weighted by molar-refractivity contribution is -0.138. The number of likely N-dealkylation sites (N-methyl/N-ethyl adjacent to an activating group) is 1. The number of aromatic nitrogens is 4. The molecule has 0 aliphatic carbocycles. The van der Waals surface area contributed by atoms with E-state index in [2.05, 4.69) is 41.9 Å². The third-order valence-electron chi connectivity index (χ3n) is 6.28. The number of nitrogens with one attached hydrogen (secondary N) is 1. The molecule has 0 spiro atoms. The standard InChI is InChI=1S/C25H26N6O2/c1-16-4-3-5-22(29-16)25-24(27-15-28-25)17-6-7-21-18(10-17)11-19(13-26-21)31-9-8-30(2)20(14-31)12-23(32)33/h3-7,10-11,13,15,20H,8-9,12,14H2,1-2H3,(H,27,28)(H,32,33). The molecule has 1 fully saturated rings. The Balaban J connectivity index is 1.47. The van der Waals surface area contributed by atoms with Gasteiger partial charge in [0.05, 0.1) is 47.2 Å². The molecule has 1 saturated heterocycles. The van der Waals surface area contributed by atoms with E-state index in [1.807, 2.05) is 50.5 Å². The summed E-state index contributed by atoms with van der Waals surface area (Å²) in [7, 11) is 1.99.